The fraction of sp³-hybridized carbons (Fsp3) is 0.471. The minimum absolute atomic E-state index is 0.454. The predicted octanol–water partition coefficient (Wildman–Crippen LogP) is 3.69. The molecule has 1 aliphatic heterocycles. The van der Waals surface area contributed by atoms with Crippen molar-refractivity contribution < 1.29 is 0 Å². The lowest BCUT2D eigenvalue weighted by Gasteiger charge is -2.33. The number of rotatable bonds is 3. The average molecular weight is 301 g/mol. The number of hydrogen-bond donors (Lipinski definition) is 0. The van der Waals surface area contributed by atoms with E-state index in [-0.39, 0.29) is 0 Å². The molecule has 0 bridgehead atoms. The van der Waals surface area contributed by atoms with E-state index in [0.717, 1.165) is 32.0 Å². The van der Waals surface area contributed by atoms with Crippen molar-refractivity contribution in [3.8, 4) is 11.1 Å². The Hall–Kier alpha value is -1.39. The summed E-state index contributed by atoms with van der Waals surface area (Å²) in [6, 6.07) is 6.68. The zero-order valence-corrected chi connectivity index (χ0v) is 13.9. The lowest BCUT2D eigenvalue weighted by molar-refractivity contribution is 0.312. The van der Waals surface area contributed by atoms with Crippen molar-refractivity contribution in [2.75, 3.05) is 38.1 Å². The SMILES string of the molecule is CC(C)c1cc(-c2ccsc2)cc(N2CCN(C)CC2)n1. The third-order valence-corrected chi connectivity index (χ3v) is 4.79. The highest BCUT2D eigenvalue weighted by molar-refractivity contribution is 7.08. The number of piperazine rings is 1. The molecule has 2 aromatic heterocycles. The summed E-state index contributed by atoms with van der Waals surface area (Å²) >= 11 is 1.75. The van der Waals surface area contributed by atoms with E-state index in [9.17, 15) is 0 Å². The highest BCUT2D eigenvalue weighted by atomic mass is 32.1. The fourth-order valence-corrected chi connectivity index (χ4v) is 3.29. The van der Waals surface area contributed by atoms with Crippen LogP contribution in [-0.4, -0.2) is 43.1 Å². The van der Waals surface area contributed by atoms with E-state index >= 15 is 0 Å². The summed E-state index contributed by atoms with van der Waals surface area (Å²) in [6.07, 6.45) is 0. The second-order valence-electron chi connectivity index (χ2n) is 6.10. The maximum absolute atomic E-state index is 4.90. The quantitative estimate of drug-likeness (QED) is 0.862. The monoisotopic (exact) mass is 301 g/mol. The van der Waals surface area contributed by atoms with Crippen molar-refractivity contribution >= 4 is 17.2 Å². The summed E-state index contributed by atoms with van der Waals surface area (Å²) in [7, 11) is 2.19. The van der Waals surface area contributed by atoms with E-state index in [0.29, 0.717) is 5.92 Å². The molecular formula is C17H23N3S. The van der Waals surface area contributed by atoms with Crippen molar-refractivity contribution in [2.45, 2.75) is 19.8 Å². The van der Waals surface area contributed by atoms with Gasteiger partial charge in [-0.1, -0.05) is 13.8 Å². The van der Waals surface area contributed by atoms with Gasteiger partial charge in [0.15, 0.2) is 0 Å². The van der Waals surface area contributed by atoms with Gasteiger partial charge in [-0.15, -0.1) is 0 Å². The molecule has 0 atom stereocenters. The van der Waals surface area contributed by atoms with Crippen LogP contribution in [-0.2, 0) is 0 Å². The molecule has 3 rings (SSSR count). The average Bonchev–Trinajstić information content (AvgIpc) is 3.02. The number of likely N-dealkylation sites (N-methyl/N-ethyl adjacent to an activating group) is 1. The van der Waals surface area contributed by atoms with E-state index in [1.807, 2.05) is 0 Å². The molecule has 0 aliphatic carbocycles. The molecule has 0 radical (unpaired) electrons. The summed E-state index contributed by atoms with van der Waals surface area (Å²) in [5, 5.41) is 4.35. The molecule has 3 nitrogen and oxygen atoms in total. The Morgan fingerprint density at radius 1 is 1.10 bits per heavy atom. The number of pyridine rings is 1. The lowest BCUT2D eigenvalue weighted by atomic mass is 10.0. The highest BCUT2D eigenvalue weighted by Gasteiger charge is 2.17. The predicted molar refractivity (Wildman–Crippen MR) is 91.3 cm³/mol. The zero-order valence-electron chi connectivity index (χ0n) is 13.0. The second kappa shape index (κ2) is 6.16. The van der Waals surface area contributed by atoms with Gasteiger partial charge < -0.3 is 9.80 Å². The van der Waals surface area contributed by atoms with Crippen molar-refractivity contribution in [3.05, 3.63) is 34.7 Å². The molecule has 0 spiro atoms. The number of hydrogen-bond acceptors (Lipinski definition) is 4. The Morgan fingerprint density at radius 2 is 1.86 bits per heavy atom. The standard InChI is InChI=1S/C17H23N3S/c1-13(2)16-10-15(14-4-9-21-12-14)11-17(18-16)20-7-5-19(3)6-8-20/h4,9-13H,5-8H2,1-3H3. The maximum Gasteiger partial charge on any atom is 0.129 e. The van der Waals surface area contributed by atoms with E-state index in [1.54, 1.807) is 11.3 Å². The van der Waals surface area contributed by atoms with Gasteiger partial charge in [0.2, 0.25) is 0 Å². The zero-order chi connectivity index (χ0) is 14.8. The molecule has 1 fully saturated rings. The Bertz CT molecular complexity index is 584. The number of nitrogens with zero attached hydrogens (tertiary/aromatic N) is 3. The van der Waals surface area contributed by atoms with Gasteiger partial charge in [0.1, 0.15) is 5.82 Å². The summed E-state index contributed by atoms with van der Waals surface area (Å²) in [6.45, 7) is 8.78. The Morgan fingerprint density at radius 3 is 2.48 bits per heavy atom. The normalized spacial score (nSPS) is 16.7. The molecular weight excluding hydrogens is 278 g/mol. The molecule has 0 N–H and O–H groups in total. The van der Waals surface area contributed by atoms with Crippen LogP contribution in [0.15, 0.2) is 29.0 Å². The van der Waals surface area contributed by atoms with Gasteiger partial charge in [0.05, 0.1) is 0 Å². The molecule has 4 heteroatoms. The molecule has 0 amide bonds. The third kappa shape index (κ3) is 3.27. The van der Waals surface area contributed by atoms with Gasteiger partial charge in [0.25, 0.3) is 0 Å². The van der Waals surface area contributed by atoms with Gasteiger partial charge in [-0.25, -0.2) is 4.98 Å². The van der Waals surface area contributed by atoms with Gasteiger partial charge in [-0.05, 0) is 53.1 Å². The Labute approximate surface area is 131 Å². The lowest BCUT2D eigenvalue weighted by Crippen LogP contribution is -2.44. The molecule has 2 aromatic rings. The first kappa shape index (κ1) is 14.5. The molecule has 21 heavy (non-hydrogen) atoms. The van der Waals surface area contributed by atoms with Crippen molar-refractivity contribution in [2.24, 2.45) is 0 Å². The van der Waals surface area contributed by atoms with Crippen molar-refractivity contribution in [1.82, 2.24) is 9.88 Å². The smallest absolute Gasteiger partial charge is 0.129 e. The maximum atomic E-state index is 4.90. The summed E-state index contributed by atoms with van der Waals surface area (Å²) in [4.78, 5) is 9.70. The van der Waals surface area contributed by atoms with Crippen LogP contribution >= 0.6 is 11.3 Å². The van der Waals surface area contributed by atoms with Gasteiger partial charge in [-0.3, -0.25) is 0 Å². The van der Waals surface area contributed by atoms with Gasteiger partial charge in [-0.2, -0.15) is 11.3 Å². The number of thiophene rings is 1. The van der Waals surface area contributed by atoms with Gasteiger partial charge >= 0.3 is 0 Å². The van der Waals surface area contributed by atoms with E-state index < -0.39 is 0 Å². The van der Waals surface area contributed by atoms with Crippen LogP contribution < -0.4 is 4.90 Å². The molecule has 112 valence electrons. The number of aromatic nitrogens is 1. The summed E-state index contributed by atoms with van der Waals surface area (Å²) in [5.74, 6) is 1.59. The number of anilines is 1. The molecule has 3 heterocycles. The molecule has 1 aliphatic rings. The largest absolute Gasteiger partial charge is 0.354 e. The first-order valence-corrected chi connectivity index (χ1v) is 8.56. The van der Waals surface area contributed by atoms with Crippen LogP contribution in [0.3, 0.4) is 0 Å². The van der Waals surface area contributed by atoms with Crippen molar-refractivity contribution in [1.29, 1.82) is 0 Å². The van der Waals surface area contributed by atoms with Crippen LogP contribution in [0.25, 0.3) is 11.1 Å². The summed E-state index contributed by atoms with van der Waals surface area (Å²) < 4.78 is 0. The van der Waals surface area contributed by atoms with E-state index in [1.165, 1.54) is 16.8 Å². The van der Waals surface area contributed by atoms with Crippen LogP contribution in [0, 0.1) is 0 Å². The Balaban J connectivity index is 1.96. The molecule has 0 saturated carbocycles. The fourth-order valence-electron chi connectivity index (χ4n) is 2.63. The van der Waals surface area contributed by atoms with Crippen molar-refractivity contribution in [3.63, 3.8) is 0 Å². The van der Waals surface area contributed by atoms with Crippen LogP contribution in [0.5, 0.6) is 0 Å². The minimum Gasteiger partial charge on any atom is -0.354 e. The molecule has 0 aromatic carbocycles. The first-order chi connectivity index (χ1) is 10.1. The molecule has 0 unspecified atom stereocenters. The first-order valence-electron chi connectivity index (χ1n) is 7.61. The van der Waals surface area contributed by atoms with E-state index in [2.05, 4.69) is 59.7 Å². The van der Waals surface area contributed by atoms with Crippen LogP contribution in [0.4, 0.5) is 5.82 Å². The highest BCUT2D eigenvalue weighted by Crippen LogP contribution is 2.29. The van der Waals surface area contributed by atoms with E-state index in [4.69, 9.17) is 4.98 Å². The second-order valence-corrected chi connectivity index (χ2v) is 6.88. The topological polar surface area (TPSA) is 19.4 Å². The molecule has 1 saturated heterocycles. The summed E-state index contributed by atoms with van der Waals surface area (Å²) in [5.41, 5.74) is 3.79. The Kier molecular flexibility index (Phi) is 4.27. The minimum atomic E-state index is 0.454. The third-order valence-electron chi connectivity index (χ3n) is 4.10. The van der Waals surface area contributed by atoms with Gasteiger partial charge in [0, 0.05) is 31.9 Å². The van der Waals surface area contributed by atoms with Crippen LogP contribution in [0.1, 0.15) is 25.5 Å². The van der Waals surface area contributed by atoms with Crippen LogP contribution in [0.2, 0.25) is 0 Å².